The highest BCUT2D eigenvalue weighted by Crippen LogP contribution is 2.39. The van der Waals surface area contributed by atoms with E-state index in [1.54, 1.807) is 21.3 Å². The number of H-pyrrole nitrogens is 1. The molecule has 4 rings (SSSR count). The molecule has 134 valence electrons. The maximum Gasteiger partial charge on any atom is 0.162 e. The highest BCUT2D eigenvalue weighted by molar-refractivity contribution is 6.12. The van der Waals surface area contributed by atoms with E-state index in [0.29, 0.717) is 11.5 Å². The maximum atomic E-state index is 5.50. The summed E-state index contributed by atoms with van der Waals surface area (Å²) in [5.74, 6) is 3.09. The van der Waals surface area contributed by atoms with Crippen LogP contribution in [0.3, 0.4) is 0 Å². The van der Waals surface area contributed by atoms with Gasteiger partial charge in [-0.05, 0) is 23.8 Å². The van der Waals surface area contributed by atoms with Crippen molar-refractivity contribution in [2.75, 3.05) is 34.4 Å². The number of aromatic nitrogens is 1. The summed E-state index contributed by atoms with van der Waals surface area (Å²) in [6.07, 6.45) is 0. The second-order valence-corrected chi connectivity index (χ2v) is 6.01. The predicted molar refractivity (Wildman–Crippen MR) is 103 cm³/mol. The van der Waals surface area contributed by atoms with Crippen LogP contribution in [0.15, 0.2) is 41.4 Å². The van der Waals surface area contributed by atoms with E-state index in [1.165, 1.54) is 0 Å². The summed E-state index contributed by atoms with van der Waals surface area (Å²) >= 11 is 0. The number of methoxy groups -OCH3 is 3. The van der Waals surface area contributed by atoms with Crippen molar-refractivity contribution in [1.82, 2.24) is 10.3 Å². The van der Waals surface area contributed by atoms with E-state index in [2.05, 4.69) is 27.4 Å². The van der Waals surface area contributed by atoms with Gasteiger partial charge in [0.1, 0.15) is 11.6 Å². The molecule has 1 aliphatic rings. The molecule has 26 heavy (non-hydrogen) atoms. The summed E-state index contributed by atoms with van der Waals surface area (Å²) in [5, 5.41) is 4.41. The molecule has 2 aromatic carbocycles. The van der Waals surface area contributed by atoms with E-state index in [0.717, 1.165) is 52.4 Å². The largest absolute Gasteiger partial charge is 0.497 e. The Balaban J connectivity index is 1.98. The number of hydrogen-bond acceptors (Lipinski definition) is 5. The van der Waals surface area contributed by atoms with Crippen molar-refractivity contribution in [2.45, 2.75) is 0 Å². The zero-order valence-corrected chi connectivity index (χ0v) is 15.1. The number of nitrogens with one attached hydrogen (secondary N) is 2. The maximum absolute atomic E-state index is 5.50. The second kappa shape index (κ2) is 6.63. The van der Waals surface area contributed by atoms with Crippen LogP contribution in [0.5, 0.6) is 17.2 Å². The average Bonchev–Trinajstić information content (AvgIpc) is 3.34. The van der Waals surface area contributed by atoms with Crippen molar-refractivity contribution in [3.63, 3.8) is 0 Å². The Morgan fingerprint density at radius 3 is 2.27 bits per heavy atom. The highest BCUT2D eigenvalue weighted by Gasteiger charge is 2.21. The Morgan fingerprint density at radius 2 is 1.65 bits per heavy atom. The molecule has 0 saturated heterocycles. The normalized spacial score (nSPS) is 13.4. The van der Waals surface area contributed by atoms with Gasteiger partial charge in [-0.25, -0.2) is 0 Å². The molecule has 0 radical (unpaired) electrons. The standard InChI is InChI=1S/C20H21N3O3/c1-24-13-6-4-12(5-7-13)18-14-10-16(25-2)17(26-3)11-15(14)23-19(18)20-21-8-9-22-20/h4-7,10-11,23H,8-9H2,1-3H3,(H,21,22). The summed E-state index contributed by atoms with van der Waals surface area (Å²) in [5.41, 5.74) is 4.10. The van der Waals surface area contributed by atoms with Gasteiger partial charge in [-0.1, -0.05) is 12.1 Å². The van der Waals surface area contributed by atoms with Crippen LogP contribution in [0.2, 0.25) is 0 Å². The molecule has 0 saturated carbocycles. The van der Waals surface area contributed by atoms with Crippen molar-refractivity contribution in [3.8, 4) is 28.4 Å². The Kier molecular flexibility index (Phi) is 4.16. The summed E-state index contributed by atoms with van der Waals surface area (Å²) in [6, 6.07) is 12.0. The predicted octanol–water partition coefficient (Wildman–Crippen LogP) is 3.21. The van der Waals surface area contributed by atoms with E-state index in [4.69, 9.17) is 14.2 Å². The lowest BCUT2D eigenvalue weighted by Gasteiger charge is -2.09. The quantitative estimate of drug-likeness (QED) is 0.741. The van der Waals surface area contributed by atoms with Crippen LogP contribution in [-0.4, -0.2) is 45.2 Å². The minimum absolute atomic E-state index is 0.690. The Hall–Kier alpha value is -3.15. The number of amidine groups is 1. The van der Waals surface area contributed by atoms with Crippen LogP contribution in [0.25, 0.3) is 22.0 Å². The molecular weight excluding hydrogens is 330 g/mol. The first-order valence-corrected chi connectivity index (χ1v) is 8.46. The lowest BCUT2D eigenvalue weighted by molar-refractivity contribution is 0.356. The molecule has 0 aliphatic carbocycles. The SMILES string of the molecule is COc1ccc(-c2c(C3=NCCN3)[nH]c3cc(OC)c(OC)cc23)cc1. The minimum atomic E-state index is 0.690. The van der Waals surface area contributed by atoms with Gasteiger partial charge < -0.3 is 24.5 Å². The van der Waals surface area contributed by atoms with Crippen molar-refractivity contribution in [3.05, 3.63) is 42.1 Å². The smallest absolute Gasteiger partial charge is 0.162 e. The lowest BCUT2D eigenvalue weighted by atomic mass is 10.0. The topological polar surface area (TPSA) is 67.9 Å². The first-order valence-electron chi connectivity index (χ1n) is 8.46. The van der Waals surface area contributed by atoms with Gasteiger partial charge in [-0.15, -0.1) is 0 Å². The Labute approximate surface area is 151 Å². The van der Waals surface area contributed by atoms with Crippen LogP contribution in [0.4, 0.5) is 0 Å². The van der Waals surface area contributed by atoms with Crippen LogP contribution in [0.1, 0.15) is 5.69 Å². The monoisotopic (exact) mass is 351 g/mol. The second-order valence-electron chi connectivity index (χ2n) is 6.01. The minimum Gasteiger partial charge on any atom is -0.497 e. The fourth-order valence-electron chi connectivity index (χ4n) is 3.32. The summed E-state index contributed by atoms with van der Waals surface area (Å²) in [4.78, 5) is 8.09. The molecule has 6 heteroatoms. The van der Waals surface area contributed by atoms with Crippen LogP contribution in [0, 0.1) is 0 Å². The lowest BCUT2D eigenvalue weighted by Crippen LogP contribution is -2.20. The van der Waals surface area contributed by atoms with Gasteiger partial charge >= 0.3 is 0 Å². The van der Waals surface area contributed by atoms with Crippen molar-refractivity contribution in [1.29, 1.82) is 0 Å². The summed E-state index contributed by atoms with van der Waals surface area (Å²) in [7, 11) is 4.95. The van der Waals surface area contributed by atoms with Gasteiger partial charge in [0.2, 0.25) is 0 Å². The molecule has 1 aromatic heterocycles. The average molecular weight is 351 g/mol. The third-order valence-corrected chi connectivity index (χ3v) is 4.59. The van der Waals surface area contributed by atoms with E-state index in [-0.39, 0.29) is 0 Å². The van der Waals surface area contributed by atoms with Crippen molar-refractivity contribution < 1.29 is 14.2 Å². The molecule has 3 aromatic rings. The number of aromatic amines is 1. The van der Waals surface area contributed by atoms with E-state index in [9.17, 15) is 0 Å². The van der Waals surface area contributed by atoms with Gasteiger partial charge in [0.15, 0.2) is 11.5 Å². The van der Waals surface area contributed by atoms with Gasteiger partial charge in [0, 0.05) is 23.6 Å². The summed E-state index contributed by atoms with van der Waals surface area (Å²) < 4.78 is 16.2. The van der Waals surface area contributed by atoms with Gasteiger partial charge in [0.25, 0.3) is 0 Å². The van der Waals surface area contributed by atoms with Crippen molar-refractivity contribution in [2.24, 2.45) is 4.99 Å². The molecule has 0 amide bonds. The fourth-order valence-corrected chi connectivity index (χ4v) is 3.32. The van der Waals surface area contributed by atoms with E-state index >= 15 is 0 Å². The van der Waals surface area contributed by atoms with Crippen LogP contribution >= 0.6 is 0 Å². The number of nitrogens with zero attached hydrogens (tertiary/aromatic N) is 1. The van der Waals surface area contributed by atoms with Crippen molar-refractivity contribution >= 4 is 16.7 Å². The Bertz CT molecular complexity index is 974. The van der Waals surface area contributed by atoms with Gasteiger partial charge in [-0.3, -0.25) is 4.99 Å². The third-order valence-electron chi connectivity index (χ3n) is 4.59. The zero-order chi connectivity index (χ0) is 18.1. The number of rotatable bonds is 5. The van der Waals surface area contributed by atoms with Crippen LogP contribution in [-0.2, 0) is 0 Å². The number of fused-ring (bicyclic) bond motifs is 1. The molecule has 6 nitrogen and oxygen atoms in total. The van der Waals surface area contributed by atoms with Crippen LogP contribution < -0.4 is 19.5 Å². The number of ether oxygens (including phenoxy) is 3. The van der Waals surface area contributed by atoms with E-state index in [1.807, 2.05) is 24.3 Å². The molecule has 2 N–H and O–H groups in total. The number of aliphatic imine (C=N–C) groups is 1. The highest BCUT2D eigenvalue weighted by atomic mass is 16.5. The van der Waals surface area contributed by atoms with Gasteiger partial charge in [-0.2, -0.15) is 0 Å². The molecule has 0 fully saturated rings. The first kappa shape index (κ1) is 16.3. The molecule has 0 spiro atoms. The Morgan fingerprint density at radius 1 is 0.923 bits per heavy atom. The first-order chi connectivity index (χ1) is 12.7. The van der Waals surface area contributed by atoms with E-state index < -0.39 is 0 Å². The van der Waals surface area contributed by atoms with Gasteiger partial charge in [0.05, 0.1) is 39.1 Å². The molecule has 1 aliphatic heterocycles. The zero-order valence-electron chi connectivity index (χ0n) is 15.1. The third kappa shape index (κ3) is 2.63. The molecule has 0 unspecified atom stereocenters. The summed E-state index contributed by atoms with van der Waals surface area (Å²) in [6.45, 7) is 1.62. The molecule has 0 atom stereocenters. The molecule has 0 bridgehead atoms. The number of hydrogen-bond donors (Lipinski definition) is 2. The number of benzene rings is 2. The molecule has 2 heterocycles. The fraction of sp³-hybridized carbons (Fsp3) is 0.250. The molecular formula is C20H21N3O3.